The van der Waals surface area contributed by atoms with Crippen molar-refractivity contribution in [3.05, 3.63) is 96.1 Å². The molecule has 0 aliphatic carbocycles. The van der Waals surface area contributed by atoms with Crippen LogP contribution >= 0.6 is 0 Å². The van der Waals surface area contributed by atoms with Crippen LogP contribution in [-0.4, -0.2) is 11.9 Å². The molecule has 1 aliphatic rings. The summed E-state index contributed by atoms with van der Waals surface area (Å²) in [5, 5.41) is 0. The van der Waals surface area contributed by atoms with Gasteiger partial charge in [-0.15, -0.1) is 0 Å². The maximum Gasteiger partial charge on any atom is 0.221 e. The van der Waals surface area contributed by atoms with E-state index >= 15 is 0 Å². The van der Waals surface area contributed by atoms with Gasteiger partial charge in [-0.2, -0.15) is 4.99 Å². The number of anilines is 1. The van der Waals surface area contributed by atoms with Gasteiger partial charge in [-0.05, 0) is 35.4 Å². The molecule has 28 heavy (non-hydrogen) atoms. The molecule has 3 aromatic carbocycles. The molecule has 1 atom stereocenters. The number of guanidine groups is 2. The molecule has 3 aromatic rings. The van der Waals surface area contributed by atoms with E-state index in [0.717, 1.165) is 22.6 Å². The van der Waals surface area contributed by atoms with Crippen LogP contribution in [0.15, 0.2) is 94.9 Å². The van der Waals surface area contributed by atoms with Crippen LogP contribution in [0.3, 0.4) is 0 Å². The number of hydrogen-bond acceptors (Lipinski definition) is 6. The third kappa shape index (κ3) is 3.81. The topological polar surface area (TPSA) is 89.2 Å². The molecular formula is C22H21N5O. The largest absolute Gasteiger partial charge is 0.489 e. The minimum Gasteiger partial charge on any atom is -0.489 e. The fraction of sp³-hybridized carbons (Fsp3) is 0.0909. The monoisotopic (exact) mass is 371 g/mol. The predicted molar refractivity (Wildman–Crippen MR) is 112 cm³/mol. The minimum atomic E-state index is -0.366. The molecule has 1 heterocycles. The van der Waals surface area contributed by atoms with Gasteiger partial charge in [-0.1, -0.05) is 60.7 Å². The minimum absolute atomic E-state index is 0.172. The third-order valence-corrected chi connectivity index (χ3v) is 4.44. The summed E-state index contributed by atoms with van der Waals surface area (Å²) in [4.78, 5) is 10.5. The SMILES string of the molecule is NC1=NC(c2ccccc2)N(c2ccc(OCc3ccccc3)cc2)C(N)=N1. The van der Waals surface area contributed by atoms with Crippen LogP contribution in [0.2, 0.25) is 0 Å². The Kier molecular flexibility index (Phi) is 4.93. The number of nitrogens with two attached hydrogens (primary N) is 2. The summed E-state index contributed by atoms with van der Waals surface area (Å²) >= 11 is 0. The molecule has 0 fully saturated rings. The zero-order valence-electron chi connectivity index (χ0n) is 15.3. The van der Waals surface area contributed by atoms with Crippen LogP contribution in [0.25, 0.3) is 0 Å². The van der Waals surface area contributed by atoms with Gasteiger partial charge in [0.05, 0.1) is 0 Å². The molecule has 1 unspecified atom stereocenters. The Morgan fingerprint density at radius 3 is 2.14 bits per heavy atom. The highest BCUT2D eigenvalue weighted by molar-refractivity contribution is 6.04. The van der Waals surface area contributed by atoms with Gasteiger partial charge in [0.2, 0.25) is 11.9 Å². The van der Waals surface area contributed by atoms with Gasteiger partial charge in [0, 0.05) is 5.69 Å². The van der Waals surface area contributed by atoms with E-state index in [0.29, 0.717) is 12.6 Å². The number of benzene rings is 3. The van der Waals surface area contributed by atoms with Gasteiger partial charge in [0.1, 0.15) is 12.4 Å². The van der Waals surface area contributed by atoms with Crippen molar-refractivity contribution in [3.63, 3.8) is 0 Å². The van der Waals surface area contributed by atoms with Crippen LogP contribution in [-0.2, 0) is 6.61 Å². The second-order valence-corrected chi connectivity index (χ2v) is 6.38. The molecule has 6 nitrogen and oxygen atoms in total. The van der Waals surface area contributed by atoms with Crippen molar-refractivity contribution in [2.45, 2.75) is 12.8 Å². The summed E-state index contributed by atoms with van der Waals surface area (Å²) in [6.45, 7) is 0.515. The predicted octanol–water partition coefficient (Wildman–Crippen LogP) is 3.41. The summed E-state index contributed by atoms with van der Waals surface area (Å²) in [5.74, 6) is 1.25. The van der Waals surface area contributed by atoms with E-state index in [1.165, 1.54) is 0 Å². The average Bonchev–Trinajstić information content (AvgIpc) is 2.74. The maximum atomic E-state index is 6.19. The molecule has 0 spiro atoms. The Morgan fingerprint density at radius 1 is 0.821 bits per heavy atom. The number of hydrogen-bond donors (Lipinski definition) is 2. The van der Waals surface area contributed by atoms with Crippen molar-refractivity contribution in [3.8, 4) is 5.75 Å². The van der Waals surface area contributed by atoms with E-state index < -0.39 is 0 Å². The summed E-state index contributed by atoms with van der Waals surface area (Å²) in [6, 6.07) is 27.6. The van der Waals surface area contributed by atoms with Gasteiger partial charge in [0.25, 0.3) is 0 Å². The molecule has 0 aromatic heterocycles. The first-order chi connectivity index (χ1) is 13.7. The second kappa shape index (κ2) is 7.84. The molecule has 6 heteroatoms. The first-order valence-electron chi connectivity index (χ1n) is 8.99. The van der Waals surface area contributed by atoms with Crippen molar-refractivity contribution >= 4 is 17.6 Å². The molecular weight excluding hydrogens is 350 g/mol. The highest BCUT2D eigenvalue weighted by Crippen LogP contribution is 2.31. The molecule has 0 amide bonds. The van der Waals surface area contributed by atoms with Crippen molar-refractivity contribution in [1.29, 1.82) is 0 Å². The van der Waals surface area contributed by atoms with E-state index in [4.69, 9.17) is 16.2 Å². The van der Waals surface area contributed by atoms with E-state index in [9.17, 15) is 0 Å². The van der Waals surface area contributed by atoms with Crippen LogP contribution in [0.5, 0.6) is 5.75 Å². The first kappa shape index (κ1) is 17.6. The number of rotatable bonds is 5. The third-order valence-electron chi connectivity index (χ3n) is 4.44. The molecule has 0 radical (unpaired) electrons. The van der Waals surface area contributed by atoms with Crippen molar-refractivity contribution in [1.82, 2.24) is 0 Å². The van der Waals surface area contributed by atoms with Gasteiger partial charge in [-0.3, -0.25) is 4.90 Å². The normalized spacial score (nSPS) is 16.3. The zero-order valence-corrected chi connectivity index (χ0v) is 15.3. The Bertz CT molecular complexity index is 984. The average molecular weight is 371 g/mol. The van der Waals surface area contributed by atoms with E-state index in [1.807, 2.05) is 89.8 Å². The highest BCUT2D eigenvalue weighted by atomic mass is 16.5. The van der Waals surface area contributed by atoms with Gasteiger partial charge < -0.3 is 16.2 Å². The van der Waals surface area contributed by atoms with E-state index in [-0.39, 0.29) is 12.1 Å². The molecule has 0 saturated heterocycles. The summed E-state index contributed by atoms with van der Waals surface area (Å²) in [5.41, 5.74) is 15.0. The van der Waals surface area contributed by atoms with Crippen molar-refractivity contribution in [2.75, 3.05) is 4.90 Å². The first-order valence-corrected chi connectivity index (χ1v) is 8.99. The van der Waals surface area contributed by atoms with Crippen LogP contribution < -0.4 is 21.1 Å². The highest BCUT2D eigenvalue weighted by Gasteiger charge is 2.27. The van der Waals surface area contributed by atoms with Crippen LogP contribution in [0.4, 0.5) is 5.69 Å². The van der Waals surface area contributed by atoms with Crippen LogP contribution in [0, 0.1) is 0 Å². The lowest BCUT2D eigenvalue weighted by atomic mass is 10.1. The Balaban J connectivity index is 1.55. The maximum absolute atomic E-state index is 6.19. The molecule has 1 aliphatic heterocycles. The fourth-order valence-electron chi connectivity index (χ4n) is 3.07. The molecule has 0 saturated carbocycles. The lowest BCUT2D eigenvalue weighted by Crippen LogP contribution is -2.44. The van der Waals surface area contributed by atoms with E-state index in [1.54, 1.807) is 0 Å². The second-order valence-electron chi connectivity index (χ2n) is 6.38. The standard InChI is InChI=1S/C22H21N5O/c23-21-25-20(17-9-5-2-6-10-17)27(22(24)26-21)18-11-13-19(14-12-18)28-15-16-7-3-1-4-8-16/h1-14,20H,15H2,(H4,23,24,25,26). The van der Waals surface area contributed by atoms with Gasteiger partial charge in [0.15, 0.2) is 6.17 Å². The quantitative estimate of drug-likeness (QED) is 0.719. The van der Waals surface area contributed by atoms with Crippen molar-refractivity contribution in [2.24, 2.45) is 21.5 Å². The summed E-state index contributed by atoms with van der Waals surface area (Å²) in [7, 11) is 0. The van der Waals surface area contributed by atoms with Gasteiger partial charge in [-0.25, -0.2) is 4.99 Å². The lowest BCUT2D eigenvalue weighted by molar-refractivity contribution is 0.306. The molecule has 4 rings (SSSR count). The summed E-state index contributed by atoms with van der Waals surface area (Å²) in [6.07, 6.45) is -0.366. The molecule has 140 valence electrons. The van der Waals surface area contributed by atoms with Gasteiger partial charge >= 0.3 is 0 Å². The molecule has 0 bridgehead atoms. The Morgan fingerprint density at radius 2 is 1.46 bits per heavy atom. The Hall–Kier alpha value is -3.80. The van der Waals surface area contributed by atoms with Crippen molar-refractivity contribution < 1.29 is 4.74 Å². The number of nitrogens with zero attached hydrogens (tertiary/aromatic N) is 3. The smallest absolute Gasteiger partial charge is 0.221 e. The zero-order chi connectivity index (χ0) is 19.3. The Labute approximate surface area is 163 Å². The van der Waals surface area contributed by atoms with E-state index in [2.05, 4.69) is 9.98 Å². The number of aliphatic imine (C=N–C) groups is 2. The molecule has 4 N–H and O–H groups in total. The lowest BCUT2D eigenvalue weighted by Gasteiger charge is -2.32. The summed E-state index contributed by atoms with van der Waals surface area (Å²) < 4.78 is 5.86. The fourth-order valence-corrected chi connectivity index (χ4v) is 3.07. The number of ether oxygens (including phenoxy) is 1. The van der Waals surface area contributed by atoms with Crippen LogP contribution in [0.1, 0.15) is 17.3 Å².